The smallest absolute Gasteiger partial charge is 0.276 e. The minimum absolute atomic E-state index is 0.181. The highest BCUT2D eigenvalue weighted by Crippen LogP contribution is 2.33. The van der Waals surface area contributed by atoms with Gasteiger partial charge in [-0.25, -0.2) is 15.0 Å². The molecule has 20 heteroatoms. The molecular formula is C42H51N13O6S. The van der Waals surface area contributed by atoms with Gasteiger partial charge < -0.3 is 40.3 Å². The third-order valence-corrected chi connectivity index (χ3v) is 11.5. The van der Waals surface area contributed by atoms with Crippen LogP contribution in [0.25, 0.3) is 22.1 Å². The molecule has 1 fully saturated rings. The number of nitrogens with one attached hydrogen (secondary N) is 3. The molecule has 0 unspecified atom stereocenters. The van der Waals surface area contributed by atoms with Gasteiger partial charge in [0.05, 0.1) is 41.1 Å². The van der Waals surface area contributed by atoms with Crippen molar-refractivity contribution in [2.75, 3.05) is 57.1 Å². The Morgan fingerprint density at radius 3 is 2.02 bits per heavy atom. The lowest BCUT2D eigenvalue weighted by Crippen LogP contribution is -2.43. The molecule has 5 heterocycles. The summed E-state index contributed by atoms with van der Waals surface area (Å²) in [6.45, 7) is 13.3. The Morgan fingerprint density at radius 2 is 1.44 bits per heavy atom. The Labute approximate surface area is 361 Å². The van der Waals surface area contributed by atoms with Crippen LogP contribution in [-0.4, -0.2) is 109 Å². The van der Waals surface area contributed by atoms with Crippen molar-refractivity contribution in [1.82, 2.24) is 44.1 Å². The first-order chi connectivity index (χ1) is 29.9. The van der Waals surface area contributed by atoms with Crippen molar-refractivity contribution in [2.45, 2.75) is 60.2 Å². The van der Waals surface area contributed by atoms with E-state index in [0.717, 1.165) is 44.2 Å². The highest BCUT2D eigenvalue weighted by Gasteiger charge is 2.24. The Kier molecular flexibility index (Phi) is 13.3. The standard InChI is InChI=1S/C42H51N13O6S/c1-6-28-36(62-25(4)46-28)40(59)50-42-48-30-21-27(38(44)57)23-33(61-18-10-13-52-16-11-45-12-17-52)35(30)54(42)15-9-8-14-53-34-29(20-26(37(43)56)22-32(34)60-5)47-41(53)49-39(58)31-19-24(3)51-55(31)7-2/h8-9,19-23,45H,6-7,10-18H2,1-5H3,(H2,43,56)(H2,44,57)(H,47,49,58)(H,48,50,59). The van der Waals surface area contributed by atoms with Gasteiger partial charge in [0, 0.05) is 63.5 Å². The van der Waals surface area contributed by atoms with Gasteiger partial charge in [0.2, 0.25) is 23.7 Å². The SMILES string of the molecule is CCc1nc(C)sc1C(=O)Nc1nc2cc(C(N)=O)cc(OCCCN3CCNCC3)c2n1CC=CCn1c(NC(=O)c2cc(C)nn2CC)nc2cc(C(N)=O)cc(OC)c21. The van der Waals surface area contributed by atoms with Crippen molar-refractivity contribution in [2.24, 2.45) is 11.5 Å². The monoisotopic (exact) mass is 865 g/mol. The molecule has 0 bridgehead atoms. The molecule has 7 N–H and O–H groups in total. The Bertz CT molecular complexity index is 2690. The van der Waals surface area contributed by atoms with Crippen molar-refractivity contribution in [3.8, 4) is 11.5 Å². The van der Waals surface area contributed by atoms with Crippen LogP contribution in [0.4, 0.5) is 11.9 Å². The van der Waals surface area contributed by atoms with Gasteiger partial charge in [0.1, 0.15) is 33.1 Å². The predicted molar refractivity (Wildman–Crippen MR) is 236 cm³/mol. The molecule has 1 aliphatic rings. The Hall–Kier alpha value is -6.64. The number of aromatic nitrogens is 7. The maximum absolute atomic E-state index is 13.8. The van der Waals surface area contributed by atoms with Crippen LogP contribution in [0.15, 0.2) is 42.5 Å². The van der Waals surface area contributed by atoms with Crippen molar-refractivity contribution in [3.05, 3.63) is 80.6 Å². The molecule has 0 radical (unpaired) electrons. The second kappa shape index (κ2) is 19.0. The Morgan fingerprint density at radius 1 is 0.839 bits per heavy atom. The van der Waals surface area contributed by atoms with Crippen LogP contribution in [0.2, 0.25) is 0 Å². The van der Waals surface area contributed by atoms with Crippen LogP contribution in [0, 0.1) is 13.8 Å². The van der Waals surface area contributed by atoms with Gasteiger partial charge in [0.15, 0.2) is 0 Å². The maximum Gasteiger partial charge on any atom is 0.276 e. The van der Waals surface area contributed by atoms with Crippen LogP contribution < -0.4 is 36.9 Å². The molecule has 0 atom stereocenters. The van der Waals surface area contributed by atoms with E-state index in [-0.39, 0.29) is 42.0 Å². The van der Waals surface area contributed by atoms with E-state index >= 15 is 0 Å². The number of fused-ring (bicyclic) bond motifs is 2. The molecule has 7 rings (SSSR count). The van der Waals surface area contributed by atoms with Gasteiger partial charge in [-0.2, -0.15) is 5.10 Å². The minimum Gasteiger partial charge on any atom is -0.494 e. The van der Waals surface area contributed by atoms with Gasteiger partial charge in [-0.3, -0.25) is 34.5 Å². The van der Waals surface area contributed by atoms with E-state index in [2.05, 4.69) is 30.9 Å². The molecule has 0 spiro atoms. The molecule has 1 saturated heterocycles. The molecule has 326 valence electrons. The number of nitrogens with two attached hydrogens (primary N) is 2. The average Bonchev–Trinajstić information content (AvgIpc) is 4.03. The second-order valence-electron chi connectivity index (χ2n) is 14.7. The first-order valence-corrected chi connectivity index (χ1v) is 21.3. The molecule has 0 aliphatic carbocycles. The number of benzene rings is 2. The lowest BCUT2D eigenvalue weighted by Gasteiger charge is -2.27. The van der Waals surface area contributed by atoms with E-state index in [4.69, 9.17) is 30.9 Å². The van der Waals surface area contributed by atoms with Gasteiger partial charge in [0.25, 0.3) is 11.8 Å². The van der Waals surface area contributed by atoms with Crippen LogP contribution in [0.3, 0.4) is 0 Å². The first-order valence-electron chi connectivity index (χ1n) is 20.4. The van der Waals surface area contributed by atoms with Crippen LogP contribution in [-0.2, 0) is 26.1 Å². The molecule has 0 saturated carbocycles. The molecule has 62 heavy (non-hydrogen) atoms. The van der Waals surface area contributed by atoms with Gasteiger partial charge >= 0.3 is 0 Å². The fraction of sp³-hybridized carbons (Fsp3) is 0.381. The zero-order valence-electron chi connectivity index (χ0n) is 35.4. The topological polar surface area (TPSA) is 244 Å². The fourth-order valence-corrected chi connectivity index (χ4v) is 8.40. The number of ether oxygens (including phenoxy) is 2. The summed E-state index contributed by atoms with van der Waals surface area (Å²) in [7, 11) is 1.47. The number of imidazole rings is 2. The van der Waals surface area contributed by atoms with Crippen molar-refractivity contribution >= 4 is 68.9 Å². The summed E-state index contributed by atoms with van der Waals surface area (Å²) in [5.41, 5.74) is 15.4. The summed E-state index contributed by atoms with van der Waals surface area (Å²) in [5.74, 6) is -0.966. The van der Waals surface area contributed by atoms with Gasteiger partial charge in [-0.05, 0) is 63.9 Å². The molecule has 4 amide bonds. The van der Waals surface area contributed by atoms with Crippen molar-refractivity contribution in [3.63, 3.8) is 0 Å². The van der Waals surface area contributed by atoms with E-state index in [1.165, 1.54) is 24.5 Å². The van der Waals surface area contributed by atoms with Crippen molar-refractivity contribution in [1.29, 1.82) is 0 Å². The fourth-order valence-electron chi connectivity index (χ4n) is 7.50. The first kappa shape index (κ1) is 43.4. The highest BCUT2D eigenvalue weighted by atomic mass is 32.1. The lowest BCUT2D eigenvalue weighted by molar-refractivity contribution is 0.0991. The van der Waals surface area contributed by atoms with Crippen molar-refractivity contribution < 1.29 is 28.7 Å². The zero-order chi connectivity index (χ0) is 44.1. The zero-order valence-corrected chi connectivity index (χ0v) is 36.2. The number of hydrogen-bond donors (Lipinski definition) is 5. The number of amides is 4. The number of hydrogen-bond acceptors (Lipinski definition) is 13. The van der Waals surface area contributed by atoms with Crippen LogP contribution in [0.1, 0.15) is 77.5 Å². The molecule has 19 nitrogen and oxygen atoms in total. The van der Waals surface area contributed by atoms with E-state index in [0.29, 0.717) is 75.1 Å². The third kappa shape index (κ3) is 9.31. The number of nitrogens with zero attached hydrogens (tertiary/aromatic N) is 8. The maximum atomic E-state index is 13.8. The lowest BCUT2D eigenvalue weighted by atomic mass is 10.1. The van der Waals surface area contributed by atoms with Gasteiger partial charge in [-0.15, -0.1) is 11.3 Å². The van der Waals surface area contributed by atoms with Crippen LogP contribution >= 0.6 is 11.3 Å². The highest BCUT2D eigenvalue weighted by molar-refractivity contribution is 7.13. The number of anilines is 2. The molecule has 1 aliphatic heterocycles. The largest absolute Gasteiger partial charge is 0.494 e. The summed E-state index contributed by atoms with van der Waals surface area (Å²) in [6.07, 6.45) is 5.05. The normalized spacial score (nSPS) is 13.3. The van der Waals surface area contributed by atoms with E-state index in [9.17, 15) is 19.2 Å². The summed E-state index contributed by atoms with van der Waals surface area (Å²) < 4.78 is 17.3. The van der Waals surface area contributed by atoms with E-state index < -0.39 is 17.7 Å². The summed E-state index contributed by atoms with van der Waals surface area (Å²) >= 11 is 1.30. The van der Waals surface area contributed by atoms with E-state index in [1.807, 2.05) is 44.4 Å². The second-order valence-corrected chi connectivity index (χ2v) is 15.9. The number of carbonyl (C=O) groups is 4. The number of piperazine rings is 1. The number of carbonyl (C=O) groups excluding carboxylic acids is 4. The summed E-state index contributed by atoms with van der Waals surface area (Å²) in [4.78, 5) is 69.2. The average molecular weight is 866 g/mol. The molecular weight excluding hydrogens is 815 g/mol. The summed E-state index contributed by atoms with van der Waals surface area (Å²) in [6, 6.07) is 7.96. The molecule has 2 aromatic carbocycles. The number of aryl methyl sites for hydroxylation is 4. The van der Waals surface area contributed by atoms with Crippen LogP contribution in [0.5, 0.6) is 11.5 Å². The number of thiazole rings is 1. The number of allylic oxidation sites excluding steroid dienone is 2. The summed E-state index contributed by atoms with van der Waals surface area (Å²) in [5, 5.41) is 14.5. The number of methoxy groups -OCH3 is 1. The van der Waals surface area contributed by atoms with E-state index in [1.54, 1.807) is 33.5 Å². The Balaban J connectivity index is 1.25. The number of rotatable bonds is 18. The predicted octanol–water partition coefficient (Wildman–Crippen LogP) is 3.88. The number of primary amides is 2. The molecule has 6 aromatic rings. The molecule has 4 aromatic heterocycles. The minimum atomic E-state index is -0.662. The third-order valence-electron chi connectivity index (χ3n) is 10.5. The quantitative estimate of drug-likeness (QED) is 0.0611. The van der Waals surface area contributed by atoms with Gasteiger partial charge in [-0.1, -0.05) is 19.1 Å².